The van der Waals surface area contributed by atoms with Gasteiger partial charge >= 0.3 is 10.0 Å². The summed E-state index contributed by atoms with van der Waals surface area (Å²) in [7, 11) is -4.33. The van der Waals surface area contributed by atoms with Crippen molar-refractivity contribution in [3.8, 4) is 16.9 Å². The van der Waals surface area contributed by atoms with E-state index in [0.29, 0.717) is 22.9 Å². The predicted octanol–water partition coefficient (Wildman–Crippen LogP) is 3.43. The van der Waals surface area contributed by atoms with Gasteiger partial charge in [0.25, 0.3) is 0 Å². The van der Waals surface area contributed by atoms with Crippen LogP contribution < -0.4 is 4.74 Å². The van der Waals surface area contributed by atoms with Gasteiger partial charge in [-0.15, -0.1) is 3.98 Å². The Bertz CT molecular complexity index is 1250. The molecule has 2 bridgehead atoms. The first-order valence-corrected chi connectivity index (χ1v) is 12.3. The number of hydrogen-bond donors (Lipinski definition) is 0. The highest BCUT2D eigenvalue weighted by Crippen LogP contribution is 2.37. The molecule has 11 heteroatoms. The largest absolute Gasteiger partial charge is 0.489 e. The second-order valence-electron chi connectivity index (χ2n) is 8.32. The standard InChI is InChI=1S/C23H23F4N2O4S/c1-28(34(31,32)13-24)19-6-3-8-29-20(19)10-14-4-2-5-16(22(14)27)17-11-15(25)12-18(26)23(17)33-9-7-21(29)30/h2,4-5,11-12,19-20H,1,3,6-10,13H2/q+1/t19-,20-/m0/s1. The van der Waals surface area contributed by atoms with Crippen LogP contribution in [0.3, 0.4) is 0 Å². The van der Waals surface area contributed by atoms with Gasteiger partial charge in [0.2, 0.25) is 11.9 Å². The third-order valence-electron chi connectivity index (χ3n) is 6.30. The van der Waals surface area contributed by atoms with Crippen molar-refractivity contribution in [1.82, 2.24) is 4.90 Å². The highest BCUT2D eigenvalue weighted by Gasteiger charge is 2.44. The Kier molecular flexibility index (Phi) is 6.66. The number of fused-ring (bicyclic) bond motifs is 5. The molecule has 4 rings (SSSR count). The first kappa shape index (κ1) is 24.2. The van der Waals surface area contributed by atoms with E-state index in [1.165, 1.54) is 23.1 Å². The van der Waals surface area contributed by atoms with Crippen molar-refractivity contribution >= 4 is 22.6 Å². The van der Waals surface area contributed by atoms with Crippen LogP contribution in [0.4, 0.5) is 17.6 Å². The molecule has 2 aromatic rings. The maximum atomic E-state index is 15.7. The monoisotopic (exact) mass is 499 g/mol. The van der Waals surface area contributed by atoms with E-state index in [1.807, 2.05) is 0 Å². The number of sulfonamides is 1. The van der Waals surface area contributed by atoms with Crippen LogP contribution in [0.15, 0.2) is 30.3 Å². The van der Waals surface area contributed by atoms with Gasteiger partial charge in [-0.05, 0) is 18.1 Å². The molecule has 0 unspecified atom stereocenters. The Hall–Kier alpha value is -2.95. The molecule has 2 atom stereocenters. The first-order chi connectivity index (χ1) is 16.1. The Labute approximate surface area is 194 Å². The summed E-state index contributed by atoms with van der Waals surface area (Å²) in [5.74, 6) is -3.50. The van der Waals surface area contributed by atoms with E-state index in [2.05, 4.69) is 6.72 Å². The number of ether oxygens (including phenoxy) is 1. The average Bonchev–Trinajstić information content (AvgIpc) is 2.80. The zero-order valence-corrected chi connectivity index (χ0v) is 19.0. The lowest BCUT2D eigenvalue weighted by Crippen LogP contribution is -2.56. The summed E-state index contributed by atoms with van der Waals surface area (Å²) in [6.07, 6.45) is 0.454. The van der Waals surface area contributed by atoms with E-state index in [9.17, 15) is 26.4 Å². The summed E-state index contributed by atoms with van der Waals surface area (Å²) < 4.78 is 87.9. The molecule has 0 radical (unpaired) electrons. The maximum absolute atomic E-state index is 15.7. The molecule has 0 spiro atoms. The lowest BCUT2D eigenvalue weighted by molar-refractivity contribution is -0.423. The van der Waals surface area contributed by atoms with Crippen LogP contribution >= 0.6 is 0 Å². The van der Waals surface area contributed by atoms with Gasteiger partial charge in [0.15, 0.2) is 17.6 Å². The Morgan fingerprint density at radius 3 is 2.68 bits per heavy atom. The third kappa shape index (κ3) is 4.40. The Morgan fingerprint density at radius 1 is 1.18 bits per heavy atom. The highest BCUT2D eigenvalue weighted by molar-refractivity contribution is 7.85. The van der Waals surface area contributed by atoms with Gasteiger partial charge in [0.05, 0.1) is 19.1 Å². The zero-order chi connectivity index (χ0) is 24.6. The molecule has 2 aromatic carbocycles. The number of carbonyl (C=O) groups is 1. The topological polar surface area (TPSA) is 66.7 Å². The molecule has 34 heavy (non-hydrogen) atoms. The molecule has 2 aliphatic rings. The Balaban J connectivity index is 1.86. The van der Waals surface area contributed by atoms with Crippen molar-refractivity contribution in [2.24, 2.45) is 0 Å². The second kappa shape index (κ2) is 9.36. The second-order valence-corrected chi connectivity index (χ2v) is 10.2. The lowest BCUT2D eigenvalue weighted by atomic mass is 9.89. The van der Waals surface area contributed by atoms with E-state index >= 15 is 4.39 Å². The molecule has 0 N–H and O–H groups in total. The van der Waals surface area contributed by atoms with Gasteiger partial charge in [-0.1, -0.05) is 18.2 Å². The van der Waals surface area contributed by atoms with Crippen LogP contribution in [0.1, 0.15) is 24.8 Å². The SMILES string of the molecule is C=[N+]([C@H]1CCCN2C(=O)CCOc3c(F)cc(F)cc3-c3cccc(c3F)C[C@@H]12)S(=O)(=O)CF. The molecule has 0 aromatic heterocycles. The summed E-state index contributed by atoms with van der Waals surface area (Å²) in [6, 6.07) is 2.51. The smallest absolute Gasteiger partial charge is 0.393 e. The minimum Gasteiger partial charge on any atom is -0.489 e. The molecule has 2 aliphatic heterocycles. The van der Waals surface area contributed by atoms with Gasteiger partial charge in [-0.3, -0.25) is 4.79 Å². The summed E-state index contributed by atoms with van der Waals surface area (Å²) in [5, 5.41) is 0. The van der Waals surface area contributed by atoms with Gasteiger partial charge < -0.3 is 9.64 Å². The molecule has 0 aliphatic carbocycles. The number of halogens is 4. The molecule has 6 nitrogen and oxygen atoms in total. The molecule has 0 saturated carbocycles. The quantitative estimate of drug-likeness (QED) is 0.369. The number of benzene rings is 2. The highest BCUT2D eigenvalue weighted by atomic mass is 32.2. The number of nitrogens with zero attached hydrogens (tertiary/aromatic N) is 2. The number of rotatable bonds is 3. The molecule has 182 valence electrons. The molecule has 1 saturated heterocycles. The van der Waals surface area contributed by atoms with E-state index in [-0.39, 0.29) is 48.4 Å². The predicted molar refractivity (Wildman–Crippen MR) is 116 cm³/mol. The summed E-state index contributed by atoms with van der Waals surface area (Å²) in [4.78, 5) is 14.5. The number of hydrogen-bond acceptors (Lipinski definition) is 4. The van der Waals surface area contributed by atoms with Crippen LogP contribution in [-0.2, 0) is 21.2 Å². The molecule has 2 heterocycles. The summed E-state index contributed by atoms with van der Waals surface area (Å²) in [6.45, 7) is 3.53. The fourth-order valence-electron chi connectivity index (χ4n) is 4.66. The maximum Gasteiger partial charge on any atom is 0.393 e. The number of amides is 1. The zero-order valence-electron chi connectivity index (χ0n) is 18.1. The van der Waals surface area contributed by atoms with E-state index in [4.69, 9.17) is 4.74 Å². The van der Waals surface area contributed by atoms with Crippen LogP contribution in [0, 0.1) is 17.5 Å². The van der Waals surface area contributed by atoms with Crippen molar-refractivity contribution in [3.63, 3.8) is 0 Å². The van der Waals surface area contributed by atoms with Gasteiger partial charge in [-0.2, -0.15) is 8.42 Å². The van der Waals surface area contributed by atoms with Crippen molar-refractivity contribution in [1.29, 1.82) is 0 Å². The van der Waals surface area contributed by atoms with Gasteiger partial charge in [-0.25, -0.2) is 17.6 Å². The fraction of sp³-hybridized carbons (Fsp3) is 0.391. The lowest BCUT2D eigenvalue weighted by Gasteiger charge is -2.39. The molecular formula is C23H23F4N2O4S+. The first-order valence-electron chi connectivity index (χ1n) is 10.7. The van der Waals surface area contributed by atoms with Gasteiger partial charge in [0, 0.05) is 36.6 Å². The number of carbonyl (C=O) groups excluding carboxylic acids is 1. The third-order valence-corrected chi connectivity index (χ3v) is 7.56. The van der Waals surface area contributed by atoms with E-state index in [0.717, 1.165) is 6.07 Å². The van der Waals surface area contributed by atoms with Crippen LogP contribution in [-0.4, -0.2) is 61.2 Å². The summed E-state index contributed by atoms with van der Waals surface area (Å²) >= 11 is 0. The van der Waals surface area contributed by atoms with E-state index < -0.39 is 51.5 Å². The average molecular weight is 500 g/mol. The van der Waals surface area contributed by atoms with Crippen molar-refractivity contribution in [3.05, 3.63) is 53.3 Å². The van der Waals surface area contributed by atoms with Crippen molar-refractivity contribution < 1.29 is 39.5 Å². The molecule has 1 amide bonds. The molecular weight excluding hydrogens is 476 g/mol. The van der Waals surface area contributed by atoms with Crippen molar-refractivity contribution in [2.75, 3.05) is 19.2 Å². The van der Waals surface area contributed by atoms with Crippen LogP contribution in [0.25, 0.3) is 11.1 Å². The van der Waals surface area contributed by atoms with Crippen molar-refractivity contribution in [2.45, 2.75) is 37.8 Å². The van der Waals surface area contributed by atoms with Crippen LogP contribution in [0.5, 0.6) is 5.75 Å². The number of alkyl halides is 1. The summed E-state index contributed by atoms with van der Waals surface area (Å²) in [5.41, 5.74) is -0.130. The van der Waals surface area contributed by atoms with E-state index in [1.54, 1.807) is 0 Å². The van der Waals surface area contributed by atoms with Gasteiger partial charge in [0.1, 0.15) is 18.4 Å². The fourth-order valence-corrected chi connectivity index (χ4v) is 5.44. The minimum atomic E-state index is -4.33. The number of piperidine rings is 1. The Morgan fingerprint density at radius 2 is 1.94 bits per heavy atom. The minimum absolute atomic E-state index is 0.0976. The van der Waals surface area contributed by atoms with Crippen LogP contribution in [0.2, 0.25) is 0 Å². The molecule has 1 fully saturated rings. The normalized spacial score (nSPS) is 20.9.